The van der Waals surface area contributed by atoms with E-state index in [1.54, 1.807) is 0 Å². The maximum absolute atomic E-state index is 4.85. The Kier molecular flexibility index (Phi) is 7.34. The van der Waals surface area contributed by atoms with Gasteiger partial charge in [0.1, 0.15) is 0 Å². The first-order valence-electron chi connectivity index (χ1n) is 19.2. The zero-order valence-corrected chi connectivity index (χ0v) is 30.2. The molecule has 2 aliphatic rings. The molecular weight excluding hydrogens is 665 g/mol. The van der Waals surface area contributed by atoms with Crippen molar-refractivity contribution in [2.75, 3.05) is 4.90 Å². The smallest absolute Gasteiger partial charge is 0.0703 e. The molecule has 55 heavy (non-hydrogen) atoms. The molecular formula is C53H36N2. The first kappa shape index (κ1) is 31.5. The summed E-state index contributed by atoms with van der Waals surface area (Å²) in [5.41, 5.74) is 16.0. The molecule has 0 amide bonds. The minimum Gasteiger partial charge on any atom is -0.333 e. The van der Waals surface area contributed by atoms with Crippen LogP contribution in [0.5, 0.6) is 0 Å². The van der Waals surface area contributed by atoms with E-state index in [4.69, 9.17) is 4.98 Å². The monoisotopic (exact) mass is 700 g/mol. The molecule has 1 heterocycles. The van der Waals surface area contributed by atoms with Crippen molar-refractivity contribution in [2.45, 2.75) is 12.5 Å². The summed E-state index contributed by atoms with van der Waals surface area (Å²) in [6.45, 7) is 0. The lowest BCUT2D eigenvalue weighted by atomic mass is 9.82. The Morgan fingerprint density at radius 1 is 0.455 bits per heavy atom. The molecule has 258 valence electrons. The van der Waals surface area contributed by atoms with Crippen molar-refractivity contribution in [1.82, 2.24) is 4.98 Å². The lowest BCUT2D eigenvalue weighted by Gasteiger charge is -2.32. The van der Waals surface area contributed by atoms with Crippen LogP contribution in [0, 0.1) is 0 Å². The van der Waals surface area contributed by atoms with Crippen LogP contribution in [0.25, 0.3) is 88.1 Å². The third kappa shape index (κ3) is 5.06. The quantitative estimate of drug-likeness (QED) is 0.172. The molecule has 1 aromatic heterocycles. The maximum atomic E-state index is 4.85. The predicted octanol–water partition coefficient (Wildman–Crippen LogP) is 14.2. The van der Waals surface area contributed by atoms with Crippen LogP contribution in [0.1, 0.15) is 6.42 Å². The third-order valence-corrected chi connectivity index (χ3v) is 11.5. The molecule has 11 rings (SSSR count). The molecule has 0 spiro atoms. The second-order valence-electron chi connectivity index (χ2n) is 14.6. The Morgan fingerprint density at radius 2 is 1.07 bits per heavy atom. The second-order valence-corrected chi connectivity index (χ2v) is 14.6. The molecule has 1 atom stereocenters. The molecule has 8 aromatic carbocycles. The fourth-order valence-corrected chi connectivity index (χ4v) is 9.15. The van der Waals surface area contributed by atoms with Gasteiger partial charge in [-0.2, -0.15) is 0 Å². The highest BCUT2D eigenvalue weighted by atomic mass is 15.2. The second kappa shape index (κ2) is 12.8. The molecule has 2 heteroatoms. The summed E-state index contributed by atoms with van der Waals surface area (Å²) in [4.78, 5) is 7.27. The van der Waals surface area contributed by atoms with E-state index in [1.165, 1.54) is 77.2 Å². The average Bonchev–Trinajstić information content (AvgIpc) is 3.59. The highest BCUT2D eigenvalue weighted by Gasteiger charge is 2.31. The van der Waals surface area contributed by atoms with E-state index >= 15 is 0 Å². The Morgan fingerprint density at radius 3 is 1.76 bits per heavy atom. The number of hydrogen-bond donors (Lipinski definition) is 0. The van der Waals surface area contributed by atoms with E-state index in [2.05, 4.69) is 193 Å². The first-order valence-corrected chi connectivity index (χ1v) is 19.2. The first-order chi connectivity index (χ1) is 27.3. The van der Waals surface area contributed by atoms with Crippen molar-refractivity contribution in [1.29, 1.82) is 0 Å². The van der Waals surface area contributed by atoms with Gasteiger partial charge in [-0.3, -0.25) is 4.98 Å². The normalized spacial score (nSPS) is 14.1. The lowest BCUT2D eigenvalue weighted by molar-refractivity contribution is 0.784. The van der Waals surface area contributed by atoms with Crippen LogP contribution < -0.4 is 4.90 Å². The molecule has 0 saturated carbocycles. The van der Waals surface area contributed by atoms with Gasteiger partial charge in [-0.05, 0) is 108 Å². The highest BCUT2D eigenvalue weighted by Crippen LogP contribution is 2.58. The molecule has 1 unspecified atom stereocenters. The minimum absolute atomic E-state index is 0.197. The Labute approximate surface area is 321 Å². The van der Waals surface area contributed by atoms with E-state index < -0.39 is 0 Å². The van der Waals surface area contributed by atoms with Gasteiger partial charge in [-0.25, -0.2) is 0 Å². The Hall–Kier alpha value is -7.03. The fraction of sp³-hybridized carbons (Fsp3) is 0.0377. The summed E-state index contributed by atoms with van der Waals surface area (Å²) in [5, 5.41) is 6.30. The number of benzene rings is 8. The lowest BCUT2D eigenvalue weighted by Crippen LogP contribution is -2.29. The number of rotatable bonds is 6. The van der Waals surface area contributed by atoms with Crippen LogP contribution >= 0.6 is 0 Å². The van der Waals surface area contributed by atoms with Crippen molar-refractivity contribution < 1.29 is 0 Å². The Balaban J connectivity index is 1.09. The largest absolute Gasteiger partial charge is 0.333 e. The summed E-state index contributed by atoms with van der Waals surface area (Å²) in [5.74, 6) is 0. The molecule has 0 fully saturated rings. The van der Waals surface area contributed by atoms with Crippen molar-refractivity contribution in [3.05, 3.63) is 200 Å². The minimum atomic E-state index is 0.197. The van der Waals surface area contributed by atoms with E-state index in [9.17, 15) is 0 Å². The Bertz CT molecular complexity index is 2900. The summed E-state index contributed by atoms with van der Waals surface area (Å²) >= 11 is 0. The number of para-hydroxylation sites is 1. The molecule has 9 aromatic rings. The molecule has 0 N–H and O–H groups in total. The van der Waals surface area contributed by atoms with Gasteiger partial charge >= 0.3 is 0 Å². The van der Waals surface area contributed by atoms with Gasteiger partial charge in [0.2, 0.25) is 0 Å². The van der Waals surface area contributed by atoms with Crippen LogP contribution in [0.3, 0.4) is 0 Å². The number of aromatic nitrogens is 1. The molecule has 2 nitrogen and oxygen atoms in total. The van der Waals surface area contributed by atoms with Crippen molar-refractivity contribution >= 4 is 43.8 Å². The topological polar surface area (TPSA) is 16.1 Å². The summed E-state index contributed by atoms with van der Waals surface area (Å²) in [7, 11) is 0. The van der Waals surface area contributed by atoms with E-state index in [-0.39, 0.29) is 6.04 Å². The van der Waals surface area contributed by atoms with Gasteiger partial charge < -0.3 is 4.90 Å². The van der Waals surface area contributed by atoms with Crippen molar-refractivity contribution in [3.63, 3.8) is 0 Å². The fourth-order valence-electron chi connectivity index (χ4n) is 9.15. The number of pyridine rings is 1. The summed E-state index contributed by atoms with van der Waals surface area (Å²) < 4.78 is 0. The van der Waals surface area contributed by atoms with Crippen LogP contribution in [0.15, 0.2) is 200 Å². The van der Waals surface area contributed by atoms with Gasteiger partial charge in [0.15, 0.2) is 0 Å². The van der Waals surface area contributed by atoms with Crippen LogP contribution in [-0.4, -0.2) is 11.0 Å². The predicted molar refractivity (Wildman–Crippen MR) is 233 cm³/mol. The number of allylic oxidation sites excluding steroid dienone is 2. The van der Waals surface area contributed by atoms with Gasteiger partial charge in [-0.1, -0.05) is 170 Å². The molecule has 0 aliphatic heterocycles. The van der Waals surface area contributed by atoms with E-state index in [0.29, 0.717) is 0 Å². The van der Waals surface area contributed by atoms with Crippen molar-refractivity contribution in [3.8, 4) is 55.6 Å². The van der Waals surface area contributed by atoms with Gasteiger partial charge in [0.05, 0.1) is 23.4 Å². The molecule has 0 bridgehead atoms. The number of nitrogens with zero attached hydrogens (tertiary/aromatic N) is 2. The van der Waals surface area contributed by atoms with Crippen molar-refractivity contribution in [2.24, 2.45) is 0 Å². The van der Waals surface area contributed by atoms with Gasteiger partial charge in [-0.15, -0.1) is 0 Å². The summed E-state index contributed by atoms with van der Waals surface area (Å²) in [6, 6.07) is 62.4. The molecule has 0 radical (unpaired) electrons. The molecule has 0 saturated heterocycles. The van der Waals surface area contributed by atoms with Crippen LogP contribution in [-0.2, 0) is 0 Å². The highest BCUT2D eigenvalue weighted by molar-refractivity contribution is 6.28. The zero-order chi connectivity index (χ0) is 36.3. The summed E-state index contributed by atoms with van der Waals surface area (Å²) in [6.07, 6.45) is 11.8. The van der Waals surface area contributed by atoms with E-state index in [0.717, 1.165) is 28.7 Å². The van der Waals surface area contributed by atoms with Gasteiger partial charge in [0.25, 0.3) is 0 Å². The maximum Gasteiger partial charge on any atom is 0.0703 e. The SMILES string of the molecule is C1=CCC(N(c2ccc(-c3ccc4c5c(cccc35)-c3c-4c(-c4ccccc4)c4ccccc4c3-c3ccccc3)cc2)c2cnc3ccccc3c2)C=C1. The number of fused-ring (bicyclic) bond motifs is 5. The number of anilines is 2. The molecule has 2 aliphatic carbocycles. The zero-order valence-electron chi connectivity index (χ0n) is 30.2. The standard InChI is InChI=1S/C53H36N2/c1-4-15-36(16-5-1)49-44-22-11-12-23-45(44)50(37-17-6-2-7-18-37)53-47-32-31-42(43-24-14-25-46(51(43)47)52(49)53)35-27-29-40(30-28-35)55(39-20-8-3-9-21-39)41-33-38-19-10-13-26-48(38)54-34-41/h1-20,22-34,39H,21H2. The van der Waals surface area contributed by atoms with Crippen LogP contribution in [0.2, 0.25) is 0 Å². The average molecular weight is 701 g/mol. The van der Waals surface area contributed by atoms with Crippen LogP contribution in [0.4, 0.5) is 11.4 Å². The van der Waals surface area contributed by atoms with Gasteiger partial charge in [0, 0.05) is 11.1 Å². The number of hydrogen-bond acceptors (Lipinski definition) is 2. The van der Waals surface area contributed by atoms with E-state index in [1.807, 2.05) is 12.3 Å². The third-order valence-electron chi connectivity index (χ3n) is 11.5.